The van der Waals surface area contributed by atoms with E-state index in [0.717, 1.165) is 33.8 Å². The number of fused-ring (bicyclic) bond motifs is 1. The predicted molar refractivity (Wildman–Crippen MR) is 80.9 cm³/mol. The SMILES string of the molecule is Cc1cc(C)c2nccc(Nc3ccc(F)cc3F)c2c1. The molecule has 0 unspecified atom stereocenters. The summed E-state index contributed by atoms with van der Waals surface area (Å²) in [6, 6.07) is 9.31. The highest BCUT2D eigenvalue weighted by Crippen LogP contribution is 2.29. The molecule has 1 heterocycles. The highest BCUT2D eigenvalue weighted by molar-refractivity contribution is 5.95. The van der Waals surface area contributed by atoms with Crippen LogP contribution in [0.3, 0.4) is 0 Å². The number of aromatic nitrogens is 1. The number of hydrogen-bond acceptors (Lipinski definition) is 2. The highest BCUT2D eigenvalue weighted by atomic mass is 19.1. The molecule has 0 bridgehead atoms. The second kappa shape index (κ2) is 5.13. The van der Waals surface area contributed by atoms with Crippen molar-refractivity contribution in [1.82, 2.24) is 4.98 Å². The molecule has 0 radical (unpaired) electrons. The summed E-state index contributed by atoms with van der Waals surface area (Å²) >= 11 is 0. The van der Waals surface area contributed by atoms with Gasteiger partial charge in [0.2, 0.25) is 0 Å². The first-order valence-corrected chi connectivity index (χ1v) is 6.62. The van der Waals surface area contributed by atoms with E-state index < -0.39 is 11.6 Å². The second-order valence-corrected chi connectivity index (χ2v) is 5.09. The van der Waals surface area contributed by atoms with Crippen LogP contribution in [0.15, 0.2) is 42.6 Å². The van der Waals surface area contributed by atoms with Crippen LogP contribution < -0.4 is 5.32 Å². The van der Waals surface area contributed by atoms with Gasteiger partial charge in [-0.3, -0.25) is 4.98 Å². The Bertz CT molecular complexity index is 828. The summed E-state index contributed by atoms with van der Waals surface area (Å²) < 4.78 is 26.7. The van der Waals surface area contributed by atoms with Gasteiger partial charge in [-0.1, -0.05) is 11.6 Å². The van der Waals surface area contributed by atoms with Crippen LogP contribution in [0.1, 0.15) is 11.1 Å². The molecule has 1 aromatic heterocycles. The first-order chi connectivity index (χ1) is 10.0. The van der Waals surface area contributed by atoms with E-state index >= 15 is 0 Å². The molecule has 0 atom stereocenters. The fourth-order valence-corrected chi connectivity index (χ4v) is 2.46. The van der Waals surface area contributed by atoms with E-state index in [0.29, 0.717) is 0 Å². The zero-order valence-corrected chi connectivity index (χ0v) is 11.7. The number of rotatable bonds is 2. The average molecular weight is 284 g/mol. The third-order valence-electron chi connectivity index (χ3n) is 3.38. The maximum absolute atomic E-state index is 13.8. The van der Waals surface area contributed by atoms with E-state index in [2.05, 4.69) is 16.4 Å². The summed E-state index contributed by atoms with van der Waals surface area (Å²) in [6.07, 6.45) is 1.68. The fraction of sp³-hybridized carbons (Fsp3) is 0.118. The number of nitrogens with one attached hydrogen (secondary N) is 1. The van der Waals surface area contributed by atoms with E-state index in [1.54, 1.807) is 12.3 Å². The van der Waals surface area contributed by atoms with Gasteiger partial charge in [0.15, 0.2) is 0 Å². The quantitative estimate of drug-likeness (QED) is 0.726. The number of hydrogen-bond donors (Lipinski definition) is 1. The Morgan fingerprint density at radius 2 is 1.76 bits per heavy atom. The van der Waals surface area contributed by atoms with E-state index in [9.17, 15) is 8.78 Å². The summed E-state index contributed by atoms with van der Waals surface area (Å²) in [7, 11) is 0. The van der Waals surface area contributed by atoms with Crippen molar-refractivity contribution < 1.29 is 8.78 Å². The van der Waals surface area contributed by atoms with Crippen molar-refractivity contribution in [2.75, 3.05) is 5.32 Å². The molecule has 0 amide bonds. The largest absolute Gasteiger partial charge is 0.353 e. The molecule has 0 saturated carbocycles. The number of aryl methyl sites for hydroxylation is 2. The smallest absolute Gasteiger partial charge is 0.149 e. The van der Waals surface area contributed by atoms with E-state index in [1.807, 2.05) is 19.9 Å². The van der Waals surface area contributed by atoms with Gasteiger partial charge in [-0.2, -0.15) is 0 Å². The molecule has 0 saturated heterocycles. The van der Waals surface area contributed by atoms with Crippen LogP contribution in [0.25, 0.3) is 10.9 Å². The molecule has 3 aromatic rings. The molecule has 4 heteroatoms. The first kappa shape index (κ1) is 13.5. The number of pyridine rings is 1. The molecular formula is C17H14F2N2. The molecule has 21 heavy (non-hydrogen) atoms. The van der Waals surface area contributed by atoms with Gasteiger partial charge in [0, 0.05) is 23.3 Å². The minimum absolute atomic E-state index is 0.239. The maximum atomic E-state index is 13.8. The Balaban J connectivity index is 2.12. The Morgan fingerprint density at radius 3 is 2.52 bits per heavy atom. The molecule has 3 rings (SSSR count). The Morgan fingerprint density at radius 1 is 0.952 bits per heavy atom. The highest BCUT2D eigenvalue weighted by Gasteiger charge is 2.08. The van der Waals surface area contributed by atoms with Crippen LogP contribution in [0.4, 0.5) is 20.2 Å². The zero-order chi connectivity index (χ0) is 15.0. The van der Waals surface area contributed by atoms with Crippen molar-refractivity contribution in [3.63, 3.8) is 0 Å². The number of anilines is 2. The summed E-state index contributed by atoms with van der Waals surface area (Å²) in [6.45, 7) is 3.99. The lowest BCUT2D eigenvalue weighted by molar-refractivity contribution is 0.586. The van der Waals surface area contributed by atoms with Crippen LogP contribution in [-0.4, -0.2) is 4.98 Å². The molecule has 106 valence electrons. The van der Waals surface area contributed by atoms with Crippen molar-refractivity contribution >= 4 is 22.3 Å². The topological polar surface area (TPSA) is 24.9 Å². The third kappa shape index (κ3) is 2.57. The molecule has 2 nitrogen and oxygen atoms in total. The van der Waals surface area contributed by atoms with Crippen molar-refractivity contribution in [2.45, 2.75) is 13.8 Å². The molecule has 0 fully saturated rings. The number of nitrogens with zero attached hydrogens (tertiary/aromatic N) is 1. The summed E-state index contributed by atoms with van der Waals surface area (Å²) in [4.78, 5) is 4.37. The van der Waals surface area contributed by atoms with Crippen molar-refractivity contribution in [3.05, 3.63) is 65.4 Å². The molecule has 0 aliphatic rings. The van der Waals surface area contributed by atoms with Gasteiger partial charge in [-0.15, -0.1) is 0 Å². The van der Waals surface area contributed by atoms with Gasteiger partial charge in [0.05, 0.1) is 11.2 Å². The first-order valence-electron chi connectivity index (χ1n) is 6.62. The number of halogens is 2. The fourth-order valence-electron chi connectivity index (χ4n) is 2.46. The van der Waals surface area contributed by atoms with E-state index in [4.69, 9.17) is 0 Å². The standard InChI is InChI=1S/C17H14F2N2/c1-10-7-11(2)17-13(8-10)15(5-6-20-17)21-16-4-3-12(18)9-14(16)19/h3-9H,1-2H3,(H,20,21). The molecule has 0 aliphatic carbocycles. The molecule has 1 N–H and O–H groups in total. The summed E-state index contributed by atoms with van der Waals surface area (Å²) in [5, 5.41) is 3.93. The van der Waals surface area contributed by atoms with Gasteiger partial charge in [-0.25, -0.2) is 8.78 Å². The van der Waals surface area contributed by atoms with E-state index in [1.165, 1.54) is 12.1 Å². The minimum Gasteiger partial charge on any atom is -0.353 e. The van der Waals surface area contributed by atoms with Crippen molar-refractivity contribution in [3.8, 4) is 0 Å². The Hall–Kier alpha value is -2.49. The molecule has 0 spiro atoms. The van der Waals surface area contributed by atoms with Gasteiger partial charge in [0.25, 0.3) is 0 Å². The van der Waals surface area contributed by atoms with Crippen LogP contribution in [0, 0.1) is 25.5 Å². The van der Waals surface area contributed by atoms with Gasteiger partial charge in [-0.05, 0) is 43.7 Å². The lowest BCUT2D eigenvalue weighted by atomic mass is 10.1. The second-order valence-electron chi connectivity index (χ2n) is 5.09. The van der Waals surface area contributed by atoms with Crippen LogP contribution in [-0.2, 0) is 0 Å². The van der Waals surface area contributed by atoms with Crippen LogP contribution >= 0.6 is 0 Å². The minimum atomic E-state index is -0.621. The van der Waals surface area contributed by atoms with Crippen LogP contribution in [0.5, 0.6) is 0 Å². The monoisotopic (exact) mass is 284 g/mol. The molecular weight excluding hydrogens is 270 g/mol. The van der Waals surface area contributed by atoms with Gasteiger partial charge in [0.1, 0.15) is 11.6 Å². The Kier molecular flexibility index (Phi) is 3.29. The summed E-state index contributed by atoms with van der Waals surface area (Å²) in [5.74, 6) is -1.21. The lowest BCUT2D eigenvalue weighted by Crippen LogP contribution is -1.97. The maximum Gasteiger partial charge on any atom is 0.149 e. The number of benzene rings is 2. The molecule has 0 aliphatic heterocycles. The zero-order valence-electron chi connectivity index (χ0n) is 11.7. The third-order valence-corrected chi connectivity index (χ3v) is 3.38. The average Bonchev–Trinajstić information content (AvgIpc) is 2.42. The predicted octanol–water partition coefficient (Wildman–Crippen LogP) is 4.87. The van der Waals surface area contributed by atoms with E-state index in [-0.39, 0.29) is 5.69 Å². The van der Waals surface area contributed by atoms with Gasteiger partial charge < -0.3 is 5.32 Å². The van der Waals surface area contributed by atoms with Crippen molar-refractivity contribution in [2.24, 2.45) is 0 Å². The molecule has 2 aromatic carbocycles. The normalized spacial score (nSPS) is 10.9. The Labute approximate surface area is 121 Å². The van der Waals surface area contributed by atoms with Crippen LogP contribution in [0.2, 0.25) is 0 Å². The summed E-state index contributed by atoms with van der Waals surface area (Å²) in [5.41, 5.74) is 4.03. The van der Waals surface area contributed by atoms with Gasteiger partial charge >= 0.3 is 0 Å². The van der Waals surface area contributed by atoms with Crippen molar-refractivity contribution in [1.29, 1.82) is 0 Å². The lowest BCUT2D eigenvalue weighted by Gasteiger charge is -2.12.